The van der Waals surface area contributed by atoms with Crippen molar-refractivity contribution in [3.8, 4) is 11.5 Å². The van der Waals surface area contributed by atoms with Gasteiger partial charge in [-0.3, -0.25) is 0 Å². The first kappa shape index (κ1) is 17.9. The number of nitrogens with one attached hydrogen (secondary N) is 2. The van der Waals surface area contributed by atoms with E-state index in [0.717, 1.165) is 30.2 Å². The number of ether oxygens (including phenoxy) is 2. The normalized spacial score (nSPS) is 18.6. The van der Waals surface area contributed by atoms with E-state index in [2.05, 4.69) is 34.3 Å². The van der Waals surface area contributed by atoms with E-state index in [0.29, 0.717) is 6.61 Å². The lowest BCUT2D eigenvalue weighted by molar-refractivity contribution is 0.0902. The smallest absolute Gasteiger partial charge is 0.161 e. The van der Waals surface area contributed by atoms with Crippen molar-refractivity contribution in [3.05, 3.63) is 59.7 Å². The highest BCUT2D eigenvalue weighted by atomic mass is 32.2. The lowest BCUT2D eigenvalue weighted by Crippen LogP contribution is -2.38. The molecule has 0 fully saturated rings. The molecular weight excluding hydrogens is 336 g/mol. The average molecular weight is 360 g/mol. The SMILES string of the molecule is C[C@@H](NS(C)=O)c1ccc(CNC[C@@H]2COc3ccccc3O2)cc1. The van der Waals surface area contributed by atoms with Crippen LogP contribution in [0.2, 0.25) is 0 Å². The second-order valence-corrected chi connectivity index (χ2v) is 7.31. The van der Waals surface area contributed by atoms with Gasteiger partial charge in [0.15, 0.2) is 11.5 Å². The molecule has 1 unspecified atom stereocenters. The van der Waals surface area contributed by atoms with Crippen molar-refractivity contribution in [2.45, 2.75) is 25.6 Å². The predicted octanol–water partition coefficient (Wildman–Crippen LogP) is 2.56. The second-order valence-electron chi connectivity index (χ2n) is 6.16. The minimum atomic E-state index is -1.01. The Labute approximate surface area is 151 Å². The van der Waals surface area contributed by atoms with Crippen LogP contribution in [0.5, 0.6) is 11.5 Å². The first-order valence-electron chi connectivity index (χ1n) is 8.39. The fraction of sp³-hybridized carbons (Fsp3) is 0.368. The van der Waals surface area contributed by atoms with Crippen molar-refractivity contribution in [3.63, 3.8) is 0 Å². The van der Waals surface area contributed by atoms with Gasteiger partial charge in [-0.2, -0.15) is 0 Å². The van der Waals surface area contributed by atoms with E-state index in [9.17, 15) is 4.21 Å². The number of hydrogen-bond donors (Lipinski definition) is 2. The average Bonchev–Trinajstić information content (AvgIpc) is 2.61. The van der Waals surface area contributed by atoms with E-state index >= 15 is 0 Å². The Kier molecular flexibility index (Phi) is 6.07. The first-order chi connectivity index (χ1) is 12.1. The van der Waals surface area contributed by atoms with Crippen LogP contribution in [0.4, 0.5) is 0 Å². The zero-order valence-electron chi connectivity index (χ0n) is 14.5. The number of para-hydroxylation sites is 2. The van der Waals surface area contributed by atoms with Crippen molar-refractivity contribution in [1.29, 1.82) is 0 Å². The molecule has 1 heterocycles. The summed E-state index contributed by atoms with van der Waals surface area (Å²) in [5.41, 5.74) is 2.32. The van der Waals surface area contributed by atoms with Crippen LogP contribution in [0.15, 0.2) is 48.5 Å². The Balaban J connectivity index is 1.46. The van der Waals surface area contributed by atoms with E-state index < -0.39 is 11.0 Å². The van der Waals surface area contributed by atoms with E-state index in [1.54, 1.807) is 6.26 Å². The van der Waals surface area contributed by atoms with Crippen LogP contribution >= 0.6 is 0 Å². The molecule has 25 heavy (non-hydrogen) atoms. The summed E-state index contributed by atoms with van der Waals surface area (Å²) in [5.74, 6) is 1.62. The van der Waals surface area contributed by atoms with Crippen LogP contribution in [0, 0.1) is 0 Å². The molecule has 0 saturated carbocycles. The summed E-state index contributed by atoms with van der Waals surface area (Å²) in [6.07, 6.45) is 1.66. The fourth-order valence-corrected chi connectivity index (χ4v) is 3.42. The number of benzene rings is 2. The molecule has 1 aliphatic heterocycles. The maximum absolute atomic E-state index is 11.2. The molecule has 0 spiro atoms. The second kappa shape index (κ2) is 8.47. The van der Waals surface area contributed by atoms with Gasteiger partial charge < -0.3 is 14.8 Å². The molecule has 0 bridgehead atoms. The molecule has 3 rings (SSSR count). The zero-order valence-corrected chi connectivity index (χ0v) is 15.3. The van der Waals surface area contributed by atoms with Gasteiger partial charge in [0.1, 0.15) is 12.7 Å². The summed E-state index contributed by atoms with van der Waals surface area (Å²) >= 11 is 0. The van der Waals surface area contributed by atoms with Gasteiger partial charge in [-0.15, -0.1) is 0 Å². The zero-order chi connectivity index (χ0) is 17.6. The van der Waals surface area contributed by atoms with Gasteiger partial charge in [-0.1, -0.05) is 36.4 Å². The third kappa shape index (κ3) is 5.04. The molecule has 3 atom stereocenters. The van der Waals surface area contributed by atoms with E-state index in [4.69, 9.17) is 9.47 Å². The molecule has 6 heteroatoms. The summed E-state index contributed by atoms with van der Waals surface area (Å²) in [6, 6.07) is 16.1. The van der Waals surface area contributed by atoms with Gasteiger partial charge in [0.2, 0.25) is 0 Å². The Morgan fingerprint density at radius 2 is 1.88 bits per heavy atom. The summed E-state index contributed by atoms with van der Waals surface area (Å²) in [5, 5.41) is 3.41. The molecule has 134 valence electrons. The Morgan fingerprint density at radius 3 is 2.60 bits per heavy atom. The maximum atomic E-state index is 11.2. The van der Waals surface area contributed by atoms with Crippen LogP contribution < -0.4 is 19.5 Å². The van der Waals surface area contributed by atoms with Crippen molar-refractivity contribution >= 4 is 11.0 Å². The molecule has 0 radical (unpaired) electrons. The van der Waals surface area contributed by atoms with Crippen molar-refractivity contribution in [2.24, 2.45) is 0 Å². The van der Waals surface area contributed by atoms with Crippen molar-refractivity contribution < 1.29 is 13.7 Å². The third-order valence-corrected chi connectivity index (χ3v) is 4.78. The first-order valence-corrected chi connectivity index (χ1v) is 9.95. The molecule has 2 N–H and O–H groups in total. The maximum Gasteiger partial charge on any atom is 0.161 e. The lowest BCUT2D eigenvalue weighted by Gasteiger charge is -2.26. The Morgan fingerprint density at radius 1 is 1.16 bits per heavy atom. The minimum absolute atomic E-state index is 0.0120. The Bertz CT molecular complexity index is 721. The number of fused-ring (bicyclic) bond motifs is 1. The topological polar surface area (TPSA) is 59.6 Å². The summed E-state index contributed by atoms with van der Waals surface area (Å²) in [4.78, 5) is 0. The predicted molar refractivity (Wildman–Crippen MR) is 100 cm³/mol. The molecule has 2 aromatic carbocycles. The van der Waals surface area contributed by atoms with Crippen LogP contribution in [0.1, 0.15) is 24.1 Å². The lowest BCUT2D eigenvalue weighted by atomic mass is 10.1. The standard InChI is InChI=1S/C19H24N2O3S/c1-14(21-25(2)22)16-9-7-15(8-10-16)11-20-12-17-13-23-18-5-3-4-6-19(18)24-17/h3-10,14,17,20-21H,11-13H2,1-2H3/t14-,17-,25?/m1/s1. The molecule has 0 aromatic heterocycles. The van der Waals surface area contributed by atoms with Crippen LogP contribution in [-0.2, 0) is 17.5 Å². The van der Waals surface area contributed by atoms with Crippen LogP contribution in [0.25, 0.3) is 0 Å². The highest BCUT2D eigenvalue weighted by Crippen LogP contribution is 2.30. The monoisotopic (exact) mass is 360 g/mol. The highest BCUT2D eigenvalue weighted by molar-refractivity contribution is 7.82. The molecule has 1 aliphatic rings. The van der Waals surface area contributed by atoms with E-state index in [-0.39, 0.29) is 12.1 Å². The highest BCUT2D eigenvalue weighted by Gasteiger charge is 2.19. The van der Waals surface area contributed by atoms with Gasteiger partial charge in [-0.05, 0) is 30.2 Å². The molecule has 0 saturated heterocycles. The molecule has 5 nitrogen and oxygen atoms in total. The quantitative estimate of drug-likeness (QED) is 0.797. The van der Waals surface area contributed by atoms with Gasteiger partial charge >= 0.3 is 0 Å². The number of rotatable bonds is 7. The Hall–Kier alpha value is -1.89. The van der Waals surface area contributed by atoms with Gasteiger partial charge in [0.05, 0.1) is 11.0 Å². The van der Waals surface area contributed by atoms with E-state index in [1.165, 1.54) is 5.56 Å². The summed E-state index contributed by atoms with van der Waals surface area (Å²) in [7, 11) is -1.01. The van der Waals surface area contributed by atoms with Crippen molar-refractivity contribution in [1.82, 2.24) is 10.0 Å². The van der Waals surface area contributed by atoms with Gasteiger partial charge in [0.25, 0.3) is 0 Å². The largest absolute Gasteiger partial charge is 0.486 e. The van der Waals surface area contributed by atoms with Gasteiger partial charge in [0, 0.05) is 25.4 Å². The van der Waals surface area contributed by atoms with Crippen LogP contribution in [-0.4, -0.2) is 29.7 Å². The molecule has 0 aliphatic carbocycles. The molecule has 2 aromatic rings. The van der Waals surface area contributed by atoms with Gasteiger partial charge in [-0.25, -0.2) is 8.93 Å². The molecular formula is C19H24N2O3S. The third-order valence-electron chi connectivity index (χ3n) is 4.09. The fourth-order valence-electron chi connectivity index (χ4n) is 2.78. The summed E-state index contributed by atoms with van der Waals surface area (Å²) in [6.45, 7) is 4.05. The minimum Gasteiger partial charge on any atom is -0.486 e. The molecule has 0 amide bonds. The van der Waals surface area contributed by atoms with E-state index in [1.807, 2.05) is 31.2 Å². The summed E-state index contributed by atoms with van der Waals surface area (Å²) < 4.78 is 25.9. The van der Waals surface area contributed by atoms with Crippen molar-refractivity contribution in [2.75, 3.05) is 19.4 Å². The van der Waals surface area contributed by atoms with Crippen LogP contribution in [0.3, 0.4) is 0 Å². The number of hydrogen-bond acceptors (Lipinski definition) is 4.